The Labute approximate surface area is 355 Å². The van der Waals surface area contributed by atoms with Crippen molar-refractivity contribution in [3.05, 3.63) is 237 Å². The molecule has 3 heteroatoms. The summed E-state index contributed by atoms with van der Waals surface area (Å²) in [5.41, 5.74) is 17.7. The van der Waals surface area contributed by atoms with Crippen molar-refractivity contribution in [3.8, 4) is 84.0 Å². The van der Waals surface area contributed by atoms with Crippen LogP contribution in [0.1, 0.15) is 0 Å². The van der Waals surface area contributed by atoms with Gasteiger partial charge in [0.25, 0.3) is 0 Å². The van der Waals surface area contributed by atoms with Crippen LogP contribution >= 0.6 is 0 Å². The molecule has 0 unspecified atom stereocenters. The molecule has 2 aromatic heterocycles. The van der Waals surface area contributed by atoms with Crippen LogP contribution < -0.4 is 0 Å². The SMILES string of the molecule is c1ccc(-c2ccc(-c3cccc(-c4cccc(-c5nc(-c6ccc(-c7cccc(-c8ccccc8)c7)cc6)c6c7ccccc7n(-c7ccccc7)c6n5)c4)c3)cc2)cc1. The third-order valence-electron chi connectivity index (χ3n) is 11.6. The van der Waals surface area contributed by atoms with E-state index in [1.54, 1.807) is 0 Å². The number of hydrogen-bond donors (Lipinski definition) is 0. The number of aromatic nitrogens is 3. The van der Waals surface area contributed by atoms with E-state index in [2.05, 4.69) is 241 Å². The molecule has 0 aliphatic rings. The van der Waals surface area contributed by atoms with Crippen molar-refractivity contribution in [1.82, 2.24) is 14.5 Å². The summed E-state index contributed by atoms with van der Waals surface area (Å²) in [6.45, 7) is 0. The van der Waals surface area contributed by atoms with Crippen LogP contribution in [-0.4, -0.2) is 14.5 Å². The van der Waals surface area contributed by atoms with Crippen molar-refractivity contribution < 1.29 is 0 Å². The molecule has 0 atom stereocenters. The molecule has 0 spiro atoms. The van der Waals surface area contributed by atoms with Gasteiger partial charge in [0.15, 0.2) is 5.82 Å². The summed E-state index contributed by atoms with van der Waals surface area (Å²) in [6, 6.07) is 84.0. The summed E-state index contributed by atoms with van der Waals surface area (Å²) in [5.74, 6) is 0.677. The lowest BCUT2D eigenvalue weighted by atomic mass is 9.96. The van der Waals surface area contributed by atoms with Crippen LogP contribution in [0.3, 0.4) is 0 Å². The third-order valence-corrected chi connectivity index (χ3v) is 11.6. The van der Waals surface area contributed by atoms with Gasteiger partial charge in [0.2, 0.25) is 0 Å². The molecule has 3 nitrogen and oxygen atoms in total. The zero-order chi connectivity index (χ0) is 40.5. The molecule has 0 aliphatic heterocycles. The van der Waals surface area contributed by atoms with E-state index in [0.29, 0.717) is 5.82 Å². The summed E-state index contributed by atoms with van der Waals surface area (Å²) in [6.07, 6.45) is 0. The molecular weight excluding hydrogens is 739 g/mol. The van der Waals surface area contributed by atoms with Gasteiger partial charge in [0.05, 0.1) is 16.6 Å². The van der Waals surface area contributed by atoms with Gasteiger partial charge in [-0.25, -0.2) is 9.97 Å². The van der Waals surface area contributed by atoms with Crippen LogP contribution in [0.25, 0.3) is 106 Å². The summed E-state index contributed by atoms with van der Waals surface area (Å²) in [5, 5.41) is 2.15. The molecule has 11 aromatic rings. The standard InChI is InChI=1S/C58H39N3/c1-4-15-40(16-5-1)42-29-31-43(32-30-42)48-21-13-22-49(38-48)50-23-14-24-51(39-50)57-59-56(55-53-27-10-11-28-54(53)61(58(55)60-57)52-25-8-3-9-26-52)45-35-33-44(34-36-45)47-20-12-19-46(37-47)41-17-6-2-7-18-41/h1-39H. The highest BCUT2D eigenvalue weighted by atomic mass is 15.1. The molecule has 0 bridgehead atoms. The van der Waals surface area contributed by atoms with Crippen LogP contribution in [0, 0.1) is 0 Å². The van der Waals surface area contributed by atoms with Gasteiger partial charge >= 0.3 is 0 Å². The van der Waals surface area contributed by atoms with Gasteiger partial charge in [0.1, 0.15) is 5.65 Å². The Morgan fingerprint density at radius 2 is 0.656 bits per heavy atom. The number of nitrogens with zero attached hydrogens (tertiary/aromatic N) is 3. The molecule has 286 valence electrons. The predicted octanol–water partition coefficient (Wildman–Crippen LogP) is 15.2. The Balaban J connectivity index is 1.02. The van der Waals surface area contributed by atoms with Crippen LogP contribution in [0.2, 0.25) is 0 Å². The van der Waals surface area contributed by atoms with Crippen molar-refractivity contribution >= 4 is 21.9 Å². The van der Waals surface area contributed by atoms with E-state index in [4.69, 9.17) is 9.97 Å². The normalized spacial score (nSPS) is 11.3. The lowest BCUT2D eigenvalue weighted by Gasteiger charge is -2.12. The van der Waals surface area contributed by atoms with Crippen LogP contribution in [0.15, 0.2) is 237 Å². The highest BCUT2D eigenvalue weighted by Crippen LogP contribution is 2.40. The first-order valence-electron chi connectivity index (χ1n) is 20.7. The molecule has 0 aliphatic carbocycles. The Morgan fingerprint density at radius 3 is 1.21 bits per heavy atom. The van der Waals surface area contributed by atoms with E-state index in [1.165, 1.54) is 38.9 Å². The maximum Gasteiger partial charge on any atom is 0.162 e. The molecule has 11 rings (SSSR count). The van der Waals surface area contributed by atoms with E-state index in [9.17, 15) is 0 Å². The highest BCUT2D eigenvalue weighted by Gasteiger charge is 2.21. The van der Waals surface area contributed by atoms with E-state index < -0.39 is 0 Å². The molecule has 0 saturated heterocycles. The van der Waals surface area contributed by atoms with E-state index >= 15 is 0 Å². The van der Waals surface area contributed by atoms with Crippen LogP contribution in [0.5, 0.6) is 0 Å². The lowest BCUT2D eigenvalue weighted by Crippen LogP contribution is -1.99. The number of benzene rings is 9. The average Bonchev–Trinajstić information content (AvgIpc) is 3.69. The van der Waals surface area contributed by atoms with Crippen LogP contribution in [-0.2, 0) is 0 Å². The van der Waals surface area contributed by atoms with Crippen molar-refractivity contribution in [1.29, 1.82) is 0 Å². The summed E-state index contributed by atoms with van der Waals surface area (Å²) < 4.78 is 2.28. The lowest BCUT2D eigenvalue weighted by molar-refractivity contribution is 1.11. The van der Waals surface area contributed by atoms with Gasteiger partial charge < -0.3 is 0 Å². The van der Waals surface area contributed by atoms with Crippen molar-refractivity contribution in [2.45, 2.75) is 0 Å². The molecule has 0 radical (unpaired) electrons. The summed E-state index contributed by atoms with van der Waals surface area (Å²) in [4.78, 5) is 10.9. The van der Waals surface area contributed by atoms with Crippen molar-refractivity contribution in [2.75, 3.05) is 0 Å². The Morgan fingerprint density at radius 1 is 0.279 bits per heavy atom. The smallest absolute Gasteiger partial charge is 0.162 e. The van der Waals surface area contributed by atoms with Gasteiger partial charge in [-0.3, -0.25) is 4.57 Å². The zero-order valence-electron chi connectivity index (χ0n) is 33.4. The van der Waals surface area contributed by atoms with E-state index in [-0.39, 0.29) is 0 Å². The summed E-state index contributed by atoms with van der Waals surface area (Å²) in [7, 11) is 0. The molecule has 0 fully saturated rings. The second-order valence-electron chi connectivity index (χ2n) is 15.4. The van der Waals surface area contributed by atoms with E-state index in [0.717, 1.165) is 61.1 Å². The minimum Gasteiger partial charge on any atom is -0.294 e. The van der Waals surface area contributed by atoms with Gasteiger partial charge in [-0.15, -0.1) is 0 Å². The fraction of sp³-hybridized carbons (Fsp3) is 0. The minimum absolute atomic E-state index is 0.677. The number of para-hydroxylation sites is 2. The minimum atomic E-state index is 0.677. The fourth-order valence-corrected chi connectivity index (χ4v) is 8.56. The highest BCUT2D eigenvalue weighted by molar-refractivity contribution is 6.14. The maximum absolute atomic E-state index is 5.46. The maximum atomic E-state index is 5.46. The average molecular weight is 778 g/mol. The Hall–Kier alpha value is -8.14. The van der Waals surface area contributed by atoms with Crippen LogP contribution in [0.4, 0.5) is 0 Å². The fourth-order valence-electron chi connectivity index (χ4n) is 8.56. The molecule has 0 amide bonds. The molecule has 0 saturated carbocycles. The van der Waals surface area contributed by atoms with Crippen molar-refractivity contribution in [3.63, 3.8) is 0 Å². The van der Waals surface area contributed by atoms with Gasteiger partial charge in [-0.2, -0.15) is 0 Å². The quantitative estimate of drug-likeness (QED) is 0.154. The van der Waals surface area contributed by atoms with Gasteiger partial charge in [0, 0.05) is 22.2 Å². The molecular formula is C58H39N3. The Kier molecular flexibility index (Phi) is 9.18. The molecule has 9 aromatic carbocycles. The summed E-state index contributed by atoms with van der Waals surface area (Å²) >= 11 is 0. The van der Waals surface area contributed by atoms with Gasteiger partial charge in [-0.1, -0.05) is 200 Å². The topological polar surface area (TPSA) is 30.7 Å². The second-order valence-corrected chi connectivity index (χ2v) is 15.4. The zero-order valence-corrected chi connectivity index (χ0v) is 33.4. The number of rotatable bonds is 8. The first kappa shape index (κ1) is 36.0. The number of fused-ring (bicyclic) bond motifs is 3. The molecule has 0 N–H and O–H groups in total. The molecule has 61 heavy (non-hydrogen) atoms. The monoisotopic (exact) mass is 777 g/mol. The predicted molar refractivity (Wildman–Crippen MR) is 254 cm³/mol. The first-order valence-corrected chi connectivity index (χ1v) is 20.7. The van der Waals surface area contributed by atoms with Gasteiger partial charge in [-0.05, 0) is 92.0 Å². The number of hydrogen-bond acceptors (Lipinski definition) is 2. The van der Waals surface area contributed by atoms with Crippen molar-refractivity contribution in [2.24, 2.45) is 0 Å². The van der Waals surface area contributed by atoms with E-state index in [1.807, 2.05) is 0 Å². The Bertz CT molecular complexity index is 3310. The first-order chi connectivity index (χ1) is 30.2. The molecule has 2 heterocycles. The third kappa shape index (κ3) is 6.88. The second kappa shape index (κ2) is 15.6. The largest absolute Gasteiger partial charge is 0.294 e.